The SMILES string of the molecule is Cc1ccc(S(=O)(=O)NC2CCCNCC2)cc1F. The monoisotopic (exact) mass is 286 g/mol. The molecule has 0 radical (unpaired) electrons. The molecular formula is C13H19FN2O2S. The largest absolute Gasteiger partial charge is 0.317 e. The average Bonchev–Trinajstić information content (AvgIpc) is 2.60. The Kier molecular flexibility index (Phi) is 4.54. The Morgan fingerprint density at radius 2 is 2.11 bits per heavy atom. The van der Waals surface area contributed by atoms with Crippen molar-refractivity contribution in [2.75, 3.05) is 13.1 Å². The summed E-state index contributed by atoms with van der Waals surface area (Å²) >= 11 is 0. The molecule has 1 atom stereocenters. The van der Waals surface area contributed by atoms with E-state index in [0.29, 0.717) is 5.56 Å². The topological polar surface area (TPSA) is 58.2 Å². The molecular weight excluding hydrogens is 267 g/mol. The Morgan fingerprint density at radius 1 is 1.32 bits per heavy atom. The van der Waals surface area contributed by atoms with Crippen molar-refractivity contribution in [1.29, 1.82) is 0 Å². The van der Waals surface area contributed by atoms with Crippen molar-refractivity contribution in [2.45, 2.75) is 37.1 Å². The lowest BCUT2D eigenvalue weighted by Gasteiger charge is -2.16. The molecule has 1 aliphatic heterocycles. The summed E-state index contributed by atoms with van der Waals surface area (Å²) in [6.07, 6.45) is 2.50. The van der Waals surface area contributed by atoms with Gasteiger partial charge in [-0.2, -0.15) is 0 Å². The van der Waals surface area contributed by atoms with Gasteiger partial charge in [0.15, 0.2) is 0 Å². The van der Waals surface area contributed by atoms with Crippen LogP contribution in [0.5, 0.6) is 0 Å². The Balaban J connectivity index is 2.14. The zero-order chi connectivity index (χ0) is 13.9. The molecule has 1 heterocycles. The van der Waals surface area contributed by atoms with Gasteiger partial charge in [0, 0.05) is 6.04 Å². The second kappa shape index (κ2) is 5.98. The first-order valence-corrected chi connectivity index (χ1v) is 7.96. The van der Waals surface area contributed by atoms with Gasteiger partial charge in [-0.05, 0) is 57.0 Å². The molecule has 1 unspecified atom stereocenters. The fourth-order valence-electron chi connectivity index (χ4n) is 2.17. The van der Waals surface area contributed by atoms with Crippen LogP contribution in [0.15, 0.2) is 23.1 Å². The van der Waals surface area contributed by atoms with Gasteiger partial charge in [0.1, 0.15) is 5.82 Å². The molecule has 2 N–H and O–H groups in total. The molecule has 4 nitrogen and oxygen atoms in total. The first kappa shape index (κ1) is 14.4. The van der Waals surface area contributed by atoms with Crippen molar-refractivity contribution in [3.8, 4) is 0 Å². The van der Waals surface area contributed by atoms with Crippen molar-refractivity contribution in [3.63, 3.8) is 0 Å². The maximum atomic E-state index is 13.5. The van der Waals surface area contributed by atoms with Gasteiger partial charge >= 0.3 is 0 Å². The first-order valence-electron chi connectivity index (χ1n) is 6.48. The summed E-state index contributed by atoms with van der Waals surface area (Å²) in [5.41, 5.74) is 0.442. The van der Waals surface area contributed by atoms with Gasteiger partial charge in [0.2, 0.25) is 10.0 Å². The lowest BCUT2D eigenvalue weighted by molar-refractivity contribution is 0.517. The second-order valence-corrected chi connectivity index (χ2v) is 6.62. The van der Waals surface area contributed by atoms with E-state index in [2.05, 4.69) is 10.0 Å². The van der Waals surface area contributed by atoms with Crippen LogP contribution in [0.4, 0.5) is 4.39 Å². The summed E-state index contributed by atoms with van der Waals surface area (Å²) in [6.45, 7) is 3.32. The molecule has 1 aromatic rings. The number of benzene rings is 1. The van der Waals surface area contributed by atoms with Crippen molar-refractivity contribution in [2.24, 2.45) is 0 Å². The van der Waals surface area contributed by atoms with Crippen molar-refractivity contribution >= 4 is 10.0 Å². The van der Waals surface area contributed by atoms with Gasteiger partial charge in [-0.3, -0.25) is 0 Å². The molecule has 19 heavy (non-hydrogen) atoms. The van der Waals surface area contributed by atoms with Crippen molar-refractivity contribution in [1.82, 2.24) is 10.0 Å². The van der Waals surface area contributed by atoms with Gasteiger partial charge in [-0.1, -0.05) is 6.07 Å². The van der Waals surface area contributed by atoms with Crippen LogP contribution in [0, 0.1) is 12.7 Å². The Hall–Kier alpha value is -0.980. The molecule has 1 aliphatic rings. The van der Waals surface area contributed by atoms with E-state index in [1.807, 2.05) is 0 Å². The standard InChI is InChI=1S/C13H19FN2O2S/c1-10-4-5-12(9-13(10)14)19(17,18)16-11-3-2-7-15-8-6-11/h4-5,9,11,15-16H,2-3,6-8H2,1H3. The van der Waals surface area contributed by atoms with Gasteiger partial charge in [0.05, 0.1) is 4.90 Å². The highest BCUT2D eigenvalue weighted by atomic mass is 32.2. The van der Waals surface area contributed by atoms with Crippen LogP contribution in [0.2, 0.25) is 0 Å². The van der Waals surface area contributed by atoms with E-state index in [0.717, 1.165) is 38.4 Å². The molecule has 0 spiro atoms. The van der Waals surface area contributed by atoms with Crippen LogP contribution >= 0.6 is 0 Å². The van der Waals surface area contributed by atoms with E-state index in [4.69, 9.17) is 0 Å². The summed E-state index contributed by atoms with van der Waals surface area (Å²) in [4.78, 5) is -0.00666. The zero-order valence-corrected chi connectivity index (χ0v) is 11.8. The molecule has 2 rings (SSSR count). The smallest absolute Gasteiger partial charge is 0.240 e. The van der Waals surface area contributed by atoms with E-state index in [1.165, 1.54) is 12.1 Å². The molecule has 6 heteroatoms. The zero-order valence-electron chi connectivity index (χ0n) is 10.9. The third-order valence-corrected chi connectivity index (χ3v) is 4.87. The highest BCUT2D eigenvalue weighted by Crippen LogP contribution is 2.16. The second-order valence-electron chi connectivity index (χ2n) is 4.91. The molecule has 0 amide bonds. The van der Waals surface area contributed by atoms with E-state index in [9.17, 15) is 12.8 Å². The number of aryl methyl sites for hydroxylation is 1. The molecule has 1 fully saturated rings. The first-order chi connectivity index (χ1) is 8.99. The van der Waals surface area contributed by atoms with Crippen molar-refractivity contribution < 1.29 is 12.8 Å². The molecule has 0 aliphatic carbocycles. The van der Waals surface area contributed by atoms with Crippen LogP contribution in [-0.4, -0.2) is 27.5 Å². The third-order valence-electron chi connectivity index (χ3n) is 3.35. The summed E-state index contributed by atoms with van der Waals surface area (Å²) in [7, 11) is -3.63. The van der Waals surface area contributed by atoms with Crippen LogP contribution < -0.4 is 10.0 Å². The highest BCUT2D eigenvalue weighted by molar-refractivity contribution is 7.89. The predicted molar refractivity (Wildman–Crippen MR) is 72.0 cm³/mol. The van der Waals surface area contributed by atoms with Crippen LogP contribution in [0.3, 0.4) is 0 Å². The molecule has 1 aromatic carbocycles. The van der Waals surface area contributed by atoms with E-state index in [-0.39, 0.29) is 10.9 Å². The lowest BCUT2D eigenvalue weighted by atomic mass is 10.1. The van der Waals surface area contributed by atoms with E-state index >= 15 is 0 Å². The highest BCUT2D eigenvalue weighted by Gasteiger charge is 2.21. The number of rotatable bonds is 3. The van der Waals surface area contributed by atoms with Crippen LogP contribution in [-0.2, 0) is 10.0 Å². The fourth-order valence-corrected chi connectivity index (χ4v) is 3.48. The summed E-state index contributed by atoms with van der Waals surface area (Å²) in [6, 6.07) is 3.92. The minimum absolute atomic E-state index is 0.00666. The quantitative estimate of drug-likeness (QED) is 0.886. The minimum Gasteiger partial charge on any atom is -0.317 e. The number of sulfonamides is 1. The Bertz CT molecular complexity index is 538. The number of nitrogens with one attached hydrogen (secondary N) is 2. The van der Waals surface area contributed by atoms with Crippen molar-refractivity contribution in [3.05, 3.63) is 29.6 Å². The van der Waals surface area contributed by atoms with Crippen LogP contribution in [0.1, 0.15) is 24.8 Å². The summed E-state index contributed by atoms with van der Waals surface area (Å²) in [5, 5.41) is 3.22. The van der Waals surface area contributed by atoms with Gasteiger partial charge in [0.25, 0.3) is 0 Å². The lowest BCUT2D eigenvalue weighted by Crippen LogP contribution is -2.35. The molecule has 0 bridgehead atoms. The maximum Gasteiger partial charge on any atom is 0.240 e. The van der Waals surface area contributed by atoms with Gasteiger partial charge < -0.3 is 5.32 Å². The molecule has 0 aromatic heterocycles. The van der Waals surface area contributed by atoms with E-state index in [1.54, 1.807) is 6.92 Å². The number of hydrogen-bond donors (Lipinski definition) is 2. The van der Waals surface area contributed by atoms with Crippen LogP contribution in [0.25, 0.3) is 0 Å². The third kappa shape index (κ3) is 3.75. The average molecular weight is 286 g/mol. The molecule has 0 saturated carbocycles. The summed E-state index contributed by atoms with van der Waals surface area (Å²) in [5.74, 6) is -0.495. The Morgan fingerprint density at radius 3 is 2.84 bits per heavy atom. The van der Waals surface area contributed by atoms with E-state index < -0.39 is 15.8 Å². The van der Waals surface area contributed by atoms with Gasteiger partial charge in [-0.15, -0.1) is 0 Å². The maximum absolute atomic E-state index is 13.5. The number of hydrogen-bond acceptors (Lipinski definition) is 3. The summed E-state index contributed by atoms with van der Waals surface area (Å²) < 4.78 is 40.5. The molecule has 106 valence electrons. The number of halogens is 1. The molecule has 1 saturated heterocycles. The normalized spacial score (nSPS) is 21.1. The fraction of sp³-hybridized carbons (Fsp3) is 0.538. The minimum atomic E-state index is -3.63. The van der Waals surface area contributed by atoms with Gasteiger partial charge in [-0.25, -0.2) is 17.5 Å². The predicted octanol–water partition coefficient (Wildman–Crippen LogP) is 1.55. The Labute approximate surface area is 113 Å².